The minimum atomic E-state index is -1.03. The zero-order valence-electron chi connectivity index (χ0n) is 17.2. The average molecular weight is 434 g/mol. The maximum atomic E-state index is 12.6. The molecule has 1 aromatic heterocycles. The molecule has 1 heterocycles. The first kappa shape index (κ1) is 21.9. The summed E-state index contributed by atoms with van der Waals surface area (Å²) in [5.41, 5.74) is 4.10. The molecule has 0 aliphatic carbocycles. The molecule has 0 saturated heterocycles. The van der Waals surface area contributed by atoms with Crippen LogP contribution in [0.5, 0.6) is 0 Å². The molecule has 7 heteroatoms. The second kappa shape index (κ2) is 8.90. The zero-order chi connectivity index (χ0) is 22.7. The van der Waals surface area contributed by atoms with Crippen molar-refractivity contribution in [3.8, 4) is 11.8 Å². The third kappa shape index (κ3) is 4.52. The number of nitriles is 1. The molecule has 3 aromatic rings. The van der Waals surface area contributed by atoms with Crippen molar-refractivity contribution < 1.29 is 14.7 Å². The van der Waals surface area contributed by atoms with Gasteiger partial charge in [0.15, 0.2) is 0 Å². The van der Waals surface area contributed by atoms with E-state index in [0.717, 1.165) is 11.3 Å². The van der Waals surface area contributed by atoms with Crippen molar-refractivity contribution in [2.24, 2.45) is 0 Å². The molecule has 3 rings (SSSR count). The number of para-hydroxylation sites is 1. The van der Waals surface area contributed by atoms with Crippen LogP contribution in [0.1, 0.15) is 32.9 Å². The van der Waals surface area contributed by atoms with E-state index in [4.69, 9.17) is 11.6 Å². The van der Waals surface area contributed by atoms with Gasteiger partial charge in [-0.25, -0.2) is 4.79 Å². The number of aromatic nitrogens is 1. The van der Waals surface area contributed by atoms with Gasteiger partial charge in [-0.05, 0) is 68.3 Å². The summed E-state index contributed by atoms with van der Waals surface area (Å²) in [4.78, 5) is 24.3. The van der Waals surface area contributed by atoms with Gasteiger partial charge in [0, 0.05) is 22.1 Å². The number of nitrogens with zero attached hydrogens (tertiary/aromatic N) is 2. The summed E-state index contributed by atoms with van der Waals surface area (Å²) in [6.45, 7) is 5.50. The molecule has 0 unspecified atom stereocenters. The Balaban J connectivity index is 1.98. The smallest absolute Gasteiger partial charge is 0.337 e. The fourth-order valence-corrected chi connectivity index (χ4v) is 3.51. The van der Waals surface area contributed by atoms with Crippen molar-refractivity contribution >= 4 is 35.2 Å². The molecule has 0 fully saturated rings. The first-order valence-electron chi connectivity index (χ1n) is 9.44. The number of hydrogen-bond donors (Lipinski definition) is 2. The lowest BCUT2D eigenvalue weighted by atomic mass is 10.1. The summed E-state index contributed by atoms with van der Waals surface area (Å²) >= 11 is 6.10. The Morgan fingerprint density at radius 2 is 1.84 bits per heavy atom. The molecule has 6 nitrogen and oxygen atoms in total. The van der Waals surface area contributed by atoms with Gasteiger partial charge < -0.3 is 15.0 Å². The number of aromatic carboxylic acids is 1. The number of carbonyl (C=O) groups is 2. The number of benzene rings is 2. The summed E-state index contributed by atoms with van der Waals surface area (Å²) < 4.78 is 1.79. The van der Waals surface area contributed by atoms with Crippen LogP contribution in [0.2, 0.25) is 5.02 Å². The summed E-state index contributed by atoms with van der Waals surface area (Å²) in [6.07, 6.45) is 1.49. The number of hydrogen-bond acceptors (Lipinski definition) is 3. The molecule has 156 valence electrons. The van der Waals surface area contributed by atoms with Crippen molar-refractivity contribution in [3.63, 3.8) is 0 Å². The van der Waals surface area contributed by atoms with E-state index >= 15 is 0 Å². The maximum Gasteiger partial charge on any atom is 0.337 e. The first-order valence-corrected chi connectivity index (χ1v) is 9.81. The van der Waals surface area contributed by atoms with Crippen LogP contribution >= 0.6 is 11.6 Å². The molecule has 0 radical (unpaired) electrons. The van der Waals surface area contributed by atoms with Crippen LogP contribution < -0.4 is 5.32 Å². The van der Waals surface area contributed by atoms with Gasteiger partial charge in [0.2, 0.25) is 0 Å². The number of nitrogens with one attached hydrogen (secondary N) is 1. The van der Waals surface area contributed by atoms with E-state index in [9.17, 15) is 20.0 Å². The predicted molar refractivity (Wildman–Crippen MR) is 121 cm³/mol. The zero-order valence-corrected chi connectivity index (χ0v) is 18.0. The van der Waals surface area contributed by atoms with Crippen molar-refractivity contribution in [2.75, 3.05) is 5.32 Å². The van der Waals surface area contributed by atoms with Gasteiger partial charge in [0.05, 0.1) is 11.3 Å². The molecule has 0 saturated carbocycles. The molecule has 31 heavy (non-hydrogen) atoms. The van der Waals surface area contributed by atoms with Gasteiger partial charge in [-0.2, -0.15) is 5.26 Å². The van der Waals surface area contributed by atoms with Crippen LogP contribution in [0.25, 0.3) is 11.8 Å². The molecule has 0 aliphatic heterocycles. The predicted octanol–water partition coefficient (Wildman–Crippen LogP) is 5.30. The van der Waals surface area contributed by atoms with E-state index in [-0.39, 0.29) is 11.1 Å². The van der Waals surface area contributed by atoms with Crippen molar-refractivity contribution in [1.29, 1.82) is 5.26 Å². The van der Waals surface area contributed by atoms with E-state index in [1.165, 1.54) is 12.1 Å². The quantitative estimate of drug-likeness (QED) is 0.421. The normalized spacial score (nSPS) is 11.1. The molecular weight excluding hydrogens is 414 g/mol. The van der Waals surface area contributed by atoms with Gasteiger partial charge in [-0.3, -0.25) is 4.79 Å². The van der Waals surface area contributed by atoms with Crippen LogP contribution in [0.15, 0.2) is 54.1 Å². The van der Waals surface area contributed by atoms with Crippen LogP contribution in [0.3, 0.4) is 0 Å². The van der Waals surface area contributed by atoms with Gasteiger partial charge in [-0.15, -0.1) is 0 Å². The van der Waals surface area contributed by atoms with Crippen LogP contribution in [0, 0.1) is 32.1 Å². The van der Waals surface area contributed by atoms with Crippen molar-refractivity contribution in [1.82, 2.24) is 4.57 Å². The highest BCUT2D eigenvalue weighted by Gasteiger charge is 2.17. The molecule has 2 aromatic carbocycles. The number of halogens is 1. The fourth-order valence-electron chi connectivity index (χ4n) is 3.33. The lowest BCUT2D eigenvalue weighted by molar-refractivity contribution is -0.112. The standard InChI is InChI=1S/C24H20ClN3O3/c1-14-8-9-19(12-21(14)25)27-23(29)18(13-26)11-17-10-15(2)28(16(17)3)22-7-5-4-6-20(22)24(30)31/h4-12H,1-3H3,(H,27,29)(H,30,31). The Hall–Kier alpha value is -3.82. The molecule has 1 amide bonds. The van der Waals surface area contributed by atoms with E-state index in [2.05, 4.69) is 5.32 Å². The van der Waals surface area contributed by atoms with Gasteiger partial charge >= 0.3 is 5.97 Å². The van der Waals surface area contributed by atoms with Crippen molar-refractivity contribution in [2.45, 2.75) is 20.8 Å². The van der Waals surface area contributed by atoms with Gasteiger partial charge in [0.25, 0.3) is 5.91 Å². The number of carbonyl (C=O) groups excluding carboxylic acids is 1. The first-order chi connectivity index (χ1) is 14.7. The minimum absolute atomic E-state index is 0.0801. The lowest BCUT2D eigenvalue weighted by Crippen LogP contribution is -2.13. The second-order valence-corrected chi connectivity index (χ2v) is 7.48. The summed E-state index contributed by atoms with van der Waals surface area (Å²) in [5, 5.41) is 22.3. The Labute approximate surface area is 185 Å². The largest absolute Gasteiger partial charge is 0.478 e. The highest BCUT2D eigenvalue weighted by Crippen LogP contribution is 2.26. The Morgan fingerprint density at radius 3 is 2.48 bits per heavy atom. The number of carboxylic acid groups (broad SMARTS) is 1. The molecule has 0 spiro atoms. The van der Waals surface area contributed by atoms with E-state index in [0.29, 0.717) is 27.7 Å². The molecule has 2 N–H and O–H groups in total. The summed E-state index contributed by atoms with van der Waals surface area (Å²) in [6, 6.07) is 15.5. The second-order valence-electron chi connectivity index (χ2n) is 7.07. The van der Waals surface area contributed by atoms with Crippen LogP contribution in [0.4, 0.5) is 5.69 Å². The minimum Gasteiger partial charge on any atom is -0.478 e. The Bertz CT molecular complexity index is 1270. The van der Waals surface area contributed by atoms with Crippen molar-refractivity contribution in [3.05, 3.63) is 87.2 Å². The van der Waals surface area contributed by atoms with E-state index in [1.807, 2.05) is 26.8 Å². The van der Waals surface area contributed by atoms with Crippen LogP contribution in [-0.2, 0) is 4.79 Å². The SMILES string of the molecule is Cc1ccc(NC(=O)C(C#N)=Cc2cc(C)n(-c3ccccc3C(=O)O)c2C)cc1Cl. The third-order valence-corrected chi connectivity index (χ3v) is 5.35. The number of aryl methyl sites for hydroxylation is 2. The van der Waals surface area contributed by atoms with Crippen LogP contribution in [-0.4, -0.2) is 21.6 Å². The fraction of sp³-hybridized carbons (Fsp3) is 0.125. The number of rotatable bonds is 5. The molecule has 0 atom stereocenters. The summed E-state index contributed by atoms with van der Waals surface area (Å²) in [5.74, 6) is -1.59. The highest BCUT2D eigenvalue weighted by molar-refractivity contribution is 6.31. The van der Waals surface area contributed by atoms with E-state index in [1.54, 1.807) is 47.0 Å². The monoisotopic (exact) mass is 433 g/mol. The number of carboxylic acids is 1. The maximum absolute atomic E-state index is 12.6. The van der Waals surface area contributed by atoms with Gasteiger partial charge in [0.1, 0.15) is 11.6 Å². The number of anilines is 1. The molecular formula is C24H20ClN3O3. The molecule has 0 aliphatic rings. The summed E-state index contributed by atoms with van der Waals surface area (Å²) in [7, 11) is 0. The van der Waals surface area contributed by atoms with Gasteiger partial charge in [-0.1, -0.05) is 29.8 Å². The molecule has 0 bridgehead atoms. The topological polar surface area (TPSA) is 95.1 Å². The Morgan fingerprint density at radius 1 is 1.13 bits per heavy atom. The third-order valence-electron chi connectivity index (χ3n) is 4.94. The number of amides is 1. The van der Waals surface area contributed by atoms with E-state index < -0.39 is 11.9 Å². The average Bonchev–Trinajstić information content (AvgIpc) is 3.01. The lowest BCUT2D eigenvalue weighted by Gasteiger charge is -2.12. The highest BCUT2D eigenvalue weighted by atomic mass is 35.5. The Kier molecular flexibility index (Phi) is 6.28.